The quantitative estimate of drug-likeness (QED) is 0.229. The summed E-state index contributed by atoms with van der Waals surface area (Å²) in [5, 5.41) is 0. The van der Waals surface area contributed by atoms with Crippen LogP contribution in [0.25, 0.3) is 22.3 Å². The molecule has 5 aromatic carbocycles. The Balaban J connectivity index is 0.00000133. The fourth-order valence-electron chi connectivity index (χ4n) is 3.90. The molecule has 0 bridgehead atoms. The molecule has 0 fully saturated rings. The van der Waals surface area contributed by atoms with Crippen molar-refractivity contribution in [2.45, 2.75) is 13.8 Å². The van der Waals surface area contributed by atoms with Gasteiger partial charge < -0.3 is 4.90 Å². The van der Waals surface area contributed by atoms with Gasteiger partial charge in [0.2, 0.25) is 0 Å². The molecule has 0 radical (unpaired) electrons. The maximum Gasteiger partial charge on any atom is 0.0462 e. The highest BCUT2D eigenvalue weighted by Crippen LogP contribution is 2.37. The molecule has 5 aromatic rings. The van der Waals surface area contributed by atoms with Crippen molar-refractivity contribution < 1.29 is 0 Å². The van der Waals surface area contributed by atoms with Crippen LogP contribution in [0, 0.1) is 0 Å². The lowest BCUT2D eigenvalue weighted by atomic mass is 10.0. The van der Waals surface area contributed by atoms with E-state index in [-0.39, 0.29) is 0 Å². The second kappa shape index (κ2) is 11.5. The van der Waals surface area contributed by atoms with Crippen LogP contribution in [0.4, 0.5) is 17.1 Å². The fraction of sp³-hybridized carbons (Fsp3) is 0.0625. The third-order valence-corrected chi connectivity index (χ3v) is 6.08. The molecule has 0 unspecified atom stereocenters. The summed E-state index contributed by atoms with van der Waals surface area (Å²) in [4.78, 5) is 2.29. The number of benzene rings is 5. The second-order valence-corrected chi connectivity index (χ2v) is 8.55. The van der Waals surface area contributed by atoms with Gasteiger partial charge in [-0.2, -0.15) is 0 Å². The van der Waals surface area contributed by atoms with Gasteiger partial charge in [-0.3, -0.25) is 0 Å². The first-order valence-electron chi connectivity index (χ1n) is 11.6. The molecule has 0 N–H and O–H groups in total. The number of hydrogen-bond donors (Lipinski definition) is 0. The van der Waals surface area contributed by atoms with Gasteiger partial charge in [-0.15, -0.1) is 0 Å². The summed E-state index contributed by atoms with van der Waals surface area (Å²) in [6.07, 6.45) is 0. The largest absolute Gasteiger partial charge is 0.311 e. The van der Waals surface area contributed by atoms with Crippen molar-refractivity contribution >= 4 is 33.0 Å². The molecule has 0 aromatic heterocycles. The third-order valence-electron chi connectivity index (χ3n) is 5.55. The summed E-state index contributed by atoms with van der Waals surface area (Å²) in [6.45, 7) is 4.00. The maximum atomic E-state index is 3.56. The van der Waals surface area contributed by atoms with Crippen LogP contribution in [0.5, 0.6) is 0 Å². The molecule has 2 heteroatoms. The Morgan fingerprint density at radius 3 is 1.03 bits per heavy atom. The van der Waals surface area contributed by atoms with E-state index in [0.717, 1.165) is 21.5 Å². The van der Waals surface area contributed by atoms with E-state index in [9.17, 15) is 0 Å². The van der Waals surface area contributed by atoms with E-state index in [0.29, 0.717) is 0 Å². The van der Waals surface area contributed by atoms with Crippen molar-refractivity contribution in [3.63, 3.8) is 0 Å². The molecule has 0 aliphatic heterocycles. The van der Waals surface area contributed by atoms with Gasteiger partial charge in [0, 0.05) is 21.5 Å². The lowest BCUT2D eigenvalue weighted by Gasteiger charge is -2.26. The topological polar surface area (TPSA) is 3.24 Å². The first-order valence-corrected chi connectivity index (χ1v) is 12.4. The normalized spacial score (nSPS) is 10.2. The second-order valence-electron chi connectivity index (χ2n) is 7.64. The number of nitrogens with zero attached hydrogens (tertiary/aromatic N) is 1. The van der Waals surface area contributed by atoms with E-state index < -0.39 is 0 Å². The summed E-state index contributed by atoms with van der Waals surface area (Å²) in [5.74, 6) is 0. The average Bonchev–Trinajstić information content (AvgIpc) is 2.93. The Morgan fingerprint density at radius 1 is 0.382 bits per heavy atom. The highest BCUT2D eigenvalue weighted by Gasteiger charge is 2.13. The van der Waals surface area contributed by atoms with Gasteiger partial charge in [0.25, 0.3) is 0 Å². The fourth-order valence-corrected chi connectivity index (χ4v) is 4.17. The Morgan fingerprint density at radius 2 is 0.676 bits per heavy atom. The first kappa shape index (κ1) is 23.5. The van der Waals surface area contributed by atoms with Gasteiger partial charge in [0.15, 0.2) is 0 Å². The van der Waals surface area contributed by atoms with E-state index in [1.165, 1.54) is 22.3 Å². The molecular weight excluding hydrogens is 478 g/mol. The van der Waals surface area contributed by atoms with Crippen molar-refractivity contribution in [2.75, 3.05) is 4.90 Å². The third kappa shape index (κ3) is 5.47. The summed E-state index contributed by atoms with van der Waals surface area (Å²) in [7, 11) is 0. The van der Waals surface area contributed by atoms with Crippen LogP contribution >= 0.6 is 15.9 Å². The van der Waals surface area contributed by atoms with Crippen LogP contribution in [0.1, 0.15) is 13.8 Å². The molecule has 0 aliphatic rings. The van der Waals surface area contributed by atoms with Crippen molar-refractivity contribution in [1.82, 2.24) is 0 Å². The molecule has 0 saturated carbocycles. The highest BCUT2D eigenvalue weighted by atomic mass is 79.9. The molecule has 0 spiro atoms. The van der Waals surface area contributed by atoms with Gasteiger partial charge in [-0.25, -0.2) is 0 Å². The zero-order valence-corrected chi connectivity index (χ0v) is 21.1. The average molecular weight is 506 g/mol. The van der Waals surface area contributed by atoms with Crippen LogP contribution in [0.3, 0.4) is 0 Å². The molecule has 1 nitrogen and oxygen atoms in total. The molecule has 168 valence electrons. The van der Waals surface area contributed by atoms with E-state index in [2.05, 4.69) is 142 Å². The lowest BCUT2D eigenvalue weighted by Crippen LogP contribution is -2.09. The number of anilines is 3. The smallest absolute Gasteiger partial charge is 0.0462 e. The minimum Gasteiger partial charge on any atom is -0.311 e. The molecular formula is C32H28BrN. The van der Waals surface area contributed by atoms with Crippen molar-refractivity contribution in [3.8, 4) is 22.3 Å². The molecule has 0 atom stereocenters. The molecule has 0 aliphatic carbocycles. The Bertz CT molecular complexity index is 1190. The van der Waals surface area contributed by atoms with Crippen molar-refractivity contribution in [2.24, 2.45) is 0 Å². The van der Waals surface area contributed by atoms with E-state index in [4.69, 9.17) is 0 Å². The van der Waals surface area contributed by atoms with Crippen molar-refractivity contribution in [1.29, 1.82) is 0 Å². The number of rotatable bonds is 5. The minimum absolute atomic E-state index is 1.07. The molecule has 0 amide bonds. The highest BCUT2D eigenvalue weighted by molar-refractivity contribution is 9.10. The molecule has 0 heterocycles. The molecule has 0 saturated heterocycles. The summed E-state index contributed by atoms with van der Waals surface area (Å²) >= 11 is 3.56. The van der Waals surface area contributed by atoms with E-state index in [1.54, 1.807) is 0 Å². The van der Waals surface area contributed by atoms with Gasteiger partial charge in [0.05, 0.1) is 0 Å². The van der Waals surface area contributed by atoms with Crippen LogP contribution in [-0.4, -0.2) is 0 Å². The molecule has 5 rings (SSSR count). The van der Waals surface area contributed by atoms with Gasteiger partial charge in [-0.1, -0.05) is 115 Å². The SMILES string of the molecule is Brc1ccc(N(c2ccc(-c3ccccc3)cc2)c2ccc(-c3ccccc3)cc2)cc1.CC. The standard InChI is InChI=1S/C30H22BrN.C2H6/c31-27-15-21-30(22-16-27)32(28-17-11-25(12-18-28)23-7-3-1-4-8-23)29-19-13-26(14-20-29)24-9-5-2-6-10-24;1-2/h1-22H;1-2H3. The minimum atomic E-state index is 1.07. The Hall–Kier alpha value is -3.62. The first-order chi connectivity index (χ1) is 16.8. The van der Waals surface area contributed by atoms with Crippen LogP contribution in [-0.2, 0) is 0 Å². The number of hydrogen-bond acceptors (Lipinski definition) is 1. The number of halogens is 1. The lowest BCUT2D eigenvalue weighted by molar-refractivity contribution is 1.28. The maximum absolute atomic E-state index is 3.56. The zero-order valence-electron chi connectivity index (χ0n) is 19.5. The summed E-state index contributed by atoms with van der Waals surface area (Å²) in [6, 6.07) is 46.9. The van der Waals surface area contributed by atoms with Gasteiger partial charge in [0.1, 0.15) is 0 Å². The van der Waals surface area contributed by atoms with E-state index >= 15 is 0 Å². The predicted molar refractivity (Wildman–Crippen MR) is 151 cm³/mol. The van der Waals surface area contributed by atoms with Crippen LogP contribution in [0.15, 0.2) is 138 Å². The molecule has 34 heavy (non-hydrogen) atoms. The summed E-state index contributed by atoms with van der Waals surface area (Å²) < 4.78 is 1.07. The Kier molecular flexibility index (Phi) is 7.95. The Labute approximate surface area is 211 Å². The zero-order chi connectivity index (χ0) is 23.8. The summed E-state index contributed by atoms with van der Waals surface area (Å²) in [5.41, 5.74) is 8.24. The van der Waals surface area contributed by atoms with Crippen LogP contribution < -0.4 is 4.90 Å². The van der Waals surface area contributed by atoms with Crippen molar-refractivity contribution in [3.05, 3.63) is 138 Å². The predicted octanol–water partition coefficient (Wildman–Crippen LogP) is 10.3. The van der Waals surface area contributed by atoms with E-state index in [1.807, 2.05) is 26.0 Å². The van der Waals surface area contributed by atoms with Crippen LogP contribution in [0.2, 0.25) is 0 Å². The van der Waals surface area contributed by atoms with Gasteiger partial charge >= 0.3 is 0 Å². The monoisotopic (exact) mass is 505 g/mol. The van der Waals surface area contributed by atoms with Gasteiger partial charge in [-0.05, 0) is 70.8 Å².